The fraction of sp³-hybridized carbons (Fsp3) is 0.379. The van der Waals surface area contributed by atoms with Gasteiger partial charge in [-0.05, 0) is 28.3 Å². The van der Waals surface area contributed by atoms with E-state index in [0.717, 1.165) is 18.4 Å². The number of ether oxygens (including phenoxy) is 1. The summed E-state index contributed by atoms with van der Waals surface area (Å²) in [5.41, 5.74) is 0.854. The third-order valence-electron chi connectivity index (χ3n) is 7.50. The Morgan fingerprint density at radius 3 is 2.23 bits per heavy atom. The lowest BCUT2D eigenvalue weighted by atomic mass is 9.93. The molecule has 2 aromatic carbocycles. The molecule has 1 fully saturated rings. The zero-order valence-corrected chi connectivity index (χ0v) is 21.6. The molecule has 1 saturated heterocycles. The van der Waals surface area contributed by atoms with Crippen molar-refractivity contribution < 1.29 is 18.8 Å². The smallest absolute Gasteiger partial charge is 0.331 e. The number of hydrogen-bond donors (Lipinski definition) is 0. The van der Waals surface area contributed by atoms with Crippen LogP contribution < -0.4 is 10.4 Å². The summed E-state index contributed by atoms with van der Waals surface area (Å²) in [5, 5.41) is 2.28. The molecule has 0 aromatic heterocycles. The highest BCUT2D eigenvalue weighted by atomic mass is 28.4. The van der Waals surface area contributed by atoms with Crippen molar-refractivity contribution in [2.45, 2.75) is 63.3 Å². The molecule has 5 nitrogen and oxygen atoms in total. The van der Waals surface area contributed by atoms with Gasteiger partial charge in [0.25, 0.3) is 8.32 Å². The van der Waals surface area contributed by atoms with Gasteiger partial charge in [-0.2, -0.15) is 0 Å². The molecule has 3 aliphatic rings. The van der Waals surface area contributed by atoms with Crippen LogP contribution in [-0.4, -0.2) is 49.9 Å². The van der Waals surface area contributed by atoms with Crippen molar-refractivity contribution in [3.8, 4) is 0 Å². The molecular formula is C29H33NO4Si. The summed E-state index contributed by atoms with van der Waals surface area (Å²) in [5.74, 6) is -0.221. The molecule has 0 saturated carbocycles. The predicted molar refractivity (Wildman–Crippen MR) is 139 cm³/mol. The van der Waals surface area contributed by atoms with Gasteiger partial charge in [0.2, 0.25) is 5.91 Å². The van der Waals surface area contributed by atoms with Gasteiger partial charge in [-0.3, -0.25) is 4.79 Å². The second kappa shape index (κ2) is 9.24. The monoisotopic (exact) mass is 487 g/mol. The Bertz CT molecular complexity index is 1110. The Morgan fingerprint density at radius 2 is 1.63 bits per heavy atom. The first kappa shape index (κ1) is 23.8. The molecule has 3 aliphatic heterocycles. The molecule has 0 bridgehead atoms. The van der Waals surface area contributed by atoms with Crippen LogP contribution >= 0.6 is 0 Å². The number of piperidine rings is 1. The van der Waals surface area contributed by atoms with Crippen LogP contribution in [0.2, 0.25) is 5.04 Å². The number of fused-ring (bicyclic) bond motifs is 3. The zero-order valence-electron chi connectivity index (χ0n) is 20.6. The lowest BCUT2D eigenvalue weighted by Crippen LogP contribution is -2.67. The van der Waals surface area contributed by atoms with E-state index in [1.54, 1.807) is 6.08 Å². The van der Waals surface area contributed by atoms with E-state index >= 15 is 0 Å². The van der Waals surface area contributed by atoms with Crippen molar-refractivity contribution in [1.29, 1.82) is 0 Å². The van der Waals surface area contributed by atoms with Crippen LogP contribution in [0.3, 0.4) is 0 Å². The maximum atomic E-state index is 13.2. The van der Waals surface area contributed by atoms with Crippen LogP contribution in [0.1, 0.15) is 40.0 Å². The summed E-state index contributed by atoms with van der Waals surface area (Å²) in [6.07, 6.45) is 7.30. The third kappa shape index (κ3) is 4.19. The second-order valence-electron chi connectivity index (χ2n) is 10.7. The minimum Gasteiger partial charge on any atom is -0.452 e. The van der Waals surface area contributed by atoms with Crippen molar-refractivity contribution in [2.75, 3.05) is 6.61 Å². The van der Waals surface area contributed by atoms with Gasteiger partial charge in [-0.25, -0.2) is 4.79 Å². The van der Waals surface area contributed by atoms with Gasteiger partial charge in [0.15, 0.2) is 0 Å². The Hall–Kier alpha value is -2.96. The van der Waals surface area contributed by atoms with E-state index in [0.29, 0.717) is 13.0 Å². The standard InChI is InChI=1S/C29H33NO4Si/c1-29(2,3)35(23-11-6-4-7-12-23,24-13-8-5-9-14-24)33-20-22-18-17-21-19-27(32)34-28(21)25-15-10-16-26(31)30(22)25/h4-9,11-14,17-19,22,25,28H,10,15-16,20H2,1-3H3/t22-,25-,28+/m1/s1. The van der Waals surface area contributed by atoms with Crippen molar-refractivity contribution in [3.05, 3.63) is 84.5 Å². The van der Waals surface area contributed by atoms with Crippen LogP contribution in [0, 0.1) is 0 Å². The average molecular weight is 488 g/mol. The highest BCUT2D eigenvalue weighted by Gasteiger charge is 2.51. The van der Waals surface area contributed by atoms with Crippen LogP contribution in [0.5, 0.6) is 0 Å². The van der Waals surface area contributed by atoms with Gasteiger partial charge in [-0.15, -0.1) is 0 Å². The van der Waals surface area contributed by atoms with Gasteiger partial charge >= 0.3 is 5.97 Å². The lowest BCUT2D eigenvalue weighted by Gasteiger charge is -2.46. The Morgan fingerprint density at radius 1 is 1.00 bits per heavy atom. The fourth-order valence-corrected chi connectivity index (χ4v) is 10.5. The van der Waals surface area contributed by atoms with Gasteiger partial charge in [0.1, 0.15) is 6.10 Å². The molecule has 6 heteroatoms. The Labute approximate surface area is 208 Å². The minimum atomic E-state index is -2.74. The Kier molecular flexibility index (Phi) is 6.28. The highest BCUT2D eigenvalue weighted by Crippen LogP contribution is 2.38. The maximum absolute atomic E-state index is 13.2. The van der Waals surface area contributed by atoms with Crippen LogP contribution in [0.4, 0.5) is 0 Å². The number of carbonyl (C=O) groups is 2. The topological polar surface area (TPSA) is 55.8 Å². The molecule has 0 unspecified atom stereocenters. The van der Waals surface area contributed by atoms with Crippen molar-refractivity contribution >= 4 is 30.6 Å². The molecule has 5 rings (SSSR count). The zero-order chi connectivity index (χ0) is 24.6. The molecular weight excluding hydrogens is 454 g/mol. The number of nitrogens with zero attached hydrogens (tertiary/aromatic N) is 1. The molecule has 1 amide bonds. The molecule has 3 atom stereocenters. The van der Waals surface area contributed by atoms with Gasteiger partial charge in [0.05, 0.1) is 18.7 Å². The number of hydrogen-bond acceptors (Lipinski definition) is 4. The Balaban J connectivity index is 1.56. The molecule has 35 heavy (non-hydrogen) atoms. The highest BCUT2D eigenvalue weighted by molar-refractivity contribution is 6.99. The molecule has 182 valence electrons. The summed E-state index contributed by atoms with van der Waals surface area (Å²) < 4.78 is 12.8. The van der Waals surface area contributed by atoms with Gasteiger partial charge in [0, 0.05) is 18.1 Å². The quantitative estimate of drug-likeness (QED) is 0.476. The first-order chi connectivity index (χ1) is 16.8. The van der Waals surface area contributed by atoms with E-state index < -0.39 is 8.32 Å². The molecule has 0 spiro atoms. The van der Waals surface area contributed by atoms with E-state index in [1.807, 2.05) is 29.2 Å². The number of amides is 1. The fourth-order valence-electron chi connectivity index (χ4n) is 5.96. The van der Waals surface area contributed by atoms with Crippen LogP contribution in [0.25, 0.3) is 0 Å². The molecule has 3 heterocycles. The SMILES string of the molecule is CC(C)(C)[Si](OC[C@H]1C=CC2=CC(=O)O[C@@H]2[C@H]2CCCC(=O)N12)(c1ccccc1)c1ccccc1. The van der Waals surface area contributed by atoms with E-state index in [9.17, 15) is 9.59 Å². The summed E-state index contributed by atoms with van der Waals surface area (Å²) in [6.45, 7) is 7.16. The maximum Gasteiger partial charge on any atom is 0.331 e. The number of benzene rings is 2. The van der Waals surface area contributed by atoms with E-state index in [-0.39, 0.29) is 35.1 Å². The van der Waals surface area contributed by atoms with Crippen LogP contribution in [-0.2, 0) is 18.8 Å². The summed E-state index contributed by atoms with van der Waals surface area (Å²) in [6, 6.07) is 20.7. The van der Waals surface area contributed by atoms with Crippen molar-refractivity contribution in [3.63, 3.8) is 0 Å². The largest absolute Gasteiger partial charge is 0.452 e. The molecule has 0 aliphatic carbocycles. The van der Waals surface area contributed by atoms with Crippen molar-refractivity contribution in [1.82, 2.24) is 4.90 Å². The lowest BCUT2D eigenvalue weighted by molar-refractivity contribution is -0.150. The molecule has 2 aromatic rings. The van der Waals surface area contributed by atoms with E-state index in [4.69, 9.17) is 9.16 Å². The molecule has 0 radical (unpaired) electrons. The first-order valence-electron chi connectivity index (χ1n) is 12.5. The first-order valence-corrected chi connectivity index (χ1v) is 14.4. The van der Waals surface area contributed by atoms with Gasteiger partial charge in [-0.1, -0.05) is 93.6 Å². The molecule has 0 N–H and O–H groups in total. The number of esters is 1. The predicted octanol–water partition coefficient (Wildman–Crippen LogP) is 3.73. The number of rotatable bonds is 5. The summed E-state index contributed by atoms with van der Waals surface area (Å²) in [4.78, 5) is 27.1. The third-order valence-corrected chi connectivity index (χ3v) is 12.5. The van der Waals surface area contributed by atoms with E-state index in [2.05, 4.69) is 69.3 Å². The summed E-state index contributed by atoms with van der Waals surface area (Å²) in [7, 11) is -2.74. The second-order valence-corrected chi connectivity index (χ2v) is 15.0. The van der Waals surface area contributed by atoms with Crippen molar-refractivity contribution in [2.24, 2.45) is 0 Å². The average Bonchev–Trinajstić information content (AvgIpc) is 3.15. The number of carbonyl (C=O) groups excluding carboxylic acids is 2. The van der Waals surface area contributed by atoms with Gasteiger partial charge < -0.3 is 14.1 Å². The van der Waals surface area contributed by atoms with E-state index in [1.165, 1.54) is 10.4 Å². The van der Waals surface area contributed by atoms with Crippen LogP contribution in [0.15, 0.2) is 84.5 Å². The minimum absolute atomic E-state index is 0.103. The summed E-state index contributed by atoms with van der Waals surface area (Å²) >= 11 is 0. The normalized spacial score (nSPS) is 24.4.